The zero-order valence-corrected chi connectivity index (χ0v) is 19.6. The summed E-state index contributed by atoms with van der Waals surface area (Å²) in [7, 11) is 1.52. The van der Waals surface area contributed by atoms with Crippen molar-refractivity contribution in [2.75, 3.05) is 20.2 Å². The molecule has 172 valence electrons. The van der Waals surface area contributed by atoms with E-state index in [1.54, 1.807) is 23.1 Å². The van der Waals surface area contributed by atoms with Crippen LogP contribution in [0, 0.1) is 11.7 Å². The number of amides is 1. The second-order valence-electron chi connectivity index (χ2n) is 7.88. The fourth-order valence-corrected chi connectivity index (χ4v) is 4.39. The summed E-state index contributed by atoms with van der Waals surface area (Å²) < 4.78 is 24.3. The monoisotopic (exact) mass is 489 g/mol. The van der Waals surface area contributed by atoms with Crippen LogP contribution in [-0.4, -0.2) is 47.1 Å². The lowest BCUT2D eigenvalue weighted by Gasteiger charge is -2.25. The average Bonchev–Trinajstić information content (AvgIpc) is 3.27. The molecule has 33 heavy (non-hydrogen) atoms. The van der Waals surface area contributed by atoms with Crippen LogP contribution < -0.4 is 9.47 Å². The second kappa shape index (κ2) is 9.93. The standard InChI is InChI=1S/C24H22Cl2FN3O3/c1-14(33-23-8-5-17(27)11-29-23)18-12-30(24(31)16-4-7-22(32-2)28-10-16)13-19(18)15-3-6-20(25)21(26)9-15/h3-11,14,18-19H,12-13H2,1-2H3/t14-,18?,19-/m0/s1. The van der Waals surface area contributed by atoms with Gasteiger partial charge in [-0.15, -0.1) is 0 Å². The van der Waals surface area contributed by atoms with Gasteiger partial charge < -0.3 is 14.4 Å². The van der Waals surface area contributed by atoms with Crippen molar-refractivity contribution in [1.29, 1.82) is 0 Å². The molecule has 2 aromatic heterocycles. The molecule has 1 aliphatic rings. The van der Waals surface area contributed by atoms with Gasteiger partial charge >= 0.3 is 0 Å². The molecular formula is C24H22Cl2FN3O3. The van der Waals surface area contributed by atoms with E-state index in [-0.39, 0.29) is 23.8 Å². The third-order valence-electron chi connectivity index (χ3n) is 5.83. The lowest BCUT2D eigenvalue weighted by Crippen LogP contribution is -2.32. The molecule has 1 aromatic carbocycles. The van der Waals surface area contributed by atoms with Crippen LogP contribution in [-0.2, 0) is 0 Å². The third kappa shape index (κ3) is 5.20. The van der Waals surface area contributed by atoms with Gasteiger partial charge in [0.15, 0.2) is 0 Å². The maximum atomic E-state index is 13.2. The number of methoxy groups -OCH3 is 1. The minimum atomic E-state index is -0.436. The van der Waals surface area contributed by atoms with E-state index >= 15 is 0 Å². The van der Waals surface area contributed by atoms with E-state index in [4.69, 9.17) is 32.7 Å². The first-order chi connectivity index (χ1) is 15.9. The minimum Gasteiger partial charge on any atom is -0.481 e. The van der Waals surface area contributed by atoms with E-state index in [2.05, 4.69) is 9.97 Å². The smallest absolute Gasteiger partial charge is 0.255 e. The van der Waals surface area contributed by atoms with Crippen LogP contribution in [0.3, 0.4) is 0 Å². The summed E-state index contributed by atoms with van der Waals surface area (Å²) in [5.41, 5.74) is 1.43. The van der Waals surface area contributed by atoms with Crippen molar-refractivity contribution < 1.29 is 18.7 Å². The highest BCUT2D eigenvalue weighted by Crippen LogP contribution is 2.38. The van der Waals surface area contributed by atoms with Crippen LogP contribution in [0.5, 0.6) is 11.8 Å². The van der Waals surface area contributed by atoms with Crippen LogP contribution in [0.1, 0.15) is 28.8 Å². The Morgan fingerprint density at radius 2 is 1.82 bits per heavy atom. The molecule has 3 heterocycles. The van der Waals surface area contributed by atoms with Crippen LogP contribution >= 0.6 is 23.2 Å². The zero-order valence-electron chi connectivity index (χ0n) is 18.0. The van der Waals surface area contributed by atoms with Crippen molar-refractivity contribution in [2.24, 2.45) is 5.92 Å². The molecule has 0 N–H and O–H groups in total. The number of aromatic nitrogens is 2. The zero-order chi connectivity index (χ0) is 23.5. The van der Waals surface area contributed by atoms with Crippen molar-refractivity contribution in [3.05, 3.63) is 81.8 Å². The largest absolute Gasteiger partial charge is 0.481 e. The van der Waals surface area contributed by atoms with Crippen molar-refractivity contribution in [3.8, 4) is 11.8 Å². The molecule has 0 radical (unpaired) electrons. The molecule has 4 rings (SSSR count). The van der Waals surface area contributed by atoms with Gasteiger partial charge in [0.1, 0.15) is 11.9 Å². The molecule has 3 atom stereocenters. The second-order valence-corrected chi connectivity index (χ2v) is 8.70. The van der Waals surface area contributed by atoms with Crippen molar-refractivity contribution in [3.63, 3.8) is 0 Å². The molecule has 6 nitrogen and oxygen atoms in total. The molecule has 0 saturated carbocycles. The van der Waals surface area contributed by atoms with Crippen LogP contribution in [0.2, 0.25) is 10.0 Å². The summed E-state index contributed by atoms with van der Waals surface area (Å²) >= 11 is 12.4. The Hall–Kier alpha value is -2.90. The van der Waals surface area contributed by atoms with E-state index < -0.39 is 5.82 Å². The first-order valence-electron chi connectivity index (χ1n) is 10.4. The summed E-state index contributed by atoms with van der Waals surface area (Å²) in [5, 5.41) is 0.915. The molecule has 1 aliphatic heterocycles. The Labute approximate surface area is 201 Å². The van der Waals surface area contributed by atoms with E-state index in [0.29, 0.717) is 40.5 Å². The maximum Gasteiger partial charge on any atom is 0.255 e. The number of carbonyl (C=O) groups is 1. The number of hydrogen-bond acceptors (Lipinski definition) is 5. The normalized spacial score (nSPS) is 18.8. The molecule has 1 fully saturated rings. The van der Waals surface area contributed by atoms with E-state index in [1.807, 2.05) is 19.1 Å². The molecule has 0 bridgehead atoms. The topological polar surface area (TPSA) is 64.5 Å². The number of pyridine rings is 2. The first kappa shape index (κ1) is 23.3. The fraction of sp³-hybridized carbons (Fsp3) is 0.292. The Morgan fingerprint density at radius 1 is 1.06 bits per heavy atom. The van der Waals surface area contributed by atoms with Crippen molar-refractivity contribution in [1.82, 2.24) is 14.9 Å². The van der Waals surface area contributed by atoms with Crippen LogP contribution in [0.15, 0.2) is 54.9 Å². The quantitative estimate of drug-likeness (QED) is 0.472. The molecule has 9 heteroatoms. The highest BCUT2D eigenvalue weighted by Gasteiger charge is 2.40. The van der Waals surface area contributed by atoms with Gasteiger partial charge in [-0.2, -0.15) is 0 Å². The lowest BCUT2D eigenvalue weighted by atomic mass is 9.86. The van der Waals surface area contributed by atoms with E-state index in [1.165, 1.54) is 25.4 Å². The third-order valence-corrected chi connectivity index (χ3v) is 6.57. The summed E-state index contributed by atoms with van der Waals surface area (Å²) in [5.74, 6) is 0.0724. The fourth-order valence-electron chi connectivity index (χ4n) is 4.09. The Bertz CT molecular complexity index is 1130. The van der Waals surface area contributed by atoms with Gasteiger partial charge in [-0.1, -0.05) is 29.3 Å². The first-order valence-corrected chi connectivity index (χ1v) is 11.1. The maximum absolute atomic E-state index is 13.2. The van der Waals surface area contributed by atoms with E-state index in [9.17, 15) is 9.18 Å². The van der Waals surface area contributed by atoms with Gasteiger partial charge in [-0.25, -0.2) is 14.4 Å². The summed E-state index contributed by atoms with van der Waals surface area (Å²) in [6.07, 6.45) is 2.30. The molecule has 1 amide bonds. The number of nitrogens with zero attached hydrogens (tertiary/aromatic N) is 3. The van der Waals surface area contributed by atoms with Crippen molar-refractivity contribution in [2.45, 2.75) is 18.9 Å². The minimum absolute atomic E-state index is 0.0506. The SMILES string of the molecule is COc1ccc(C(=O)N2CC([C@H](C)Oc3ccc(F)cn3)[C@H](c3ccc(Cl)c(Cl)c3)C2)cn1. The molecule has 1 saturated heterocycles. The Kier molecular flexibility index (Phi) is 7.00. The molecule has 0 aliphatic carbocycles. The van der Waals surface area contributed by atoms with Crippen LogP contribution in [0.4, 0.5) is 4.39 Å². The number of halogens is 3. The van der Waals surface area contributed by atoms with Gasteiger partial charge in [-0.05, 0) is 36.8 Å². The van der Waals surface area contributed by atoms with Gasteiger partial charge in [0.25, 0.3) is 5.91 Å². The van der Waals surface area contributed by atoms with Gasteiger partial charge in [0, 0.05) is 43.3 Å². The molecular weight excluding hydrogens is 468 g/mol. The average molecular weight is 490 g/mol. The van der Waals surface area contributed by atoms with Crippen molar-refractivity contribution >= 4 is 29.1 Å². The summed E-state index contributed by atoms with van der Waals surface area (Å²) in [6, 6.07) is 11.6. The highest BCUT2D eigenvalue weighted by molar-refractivity contribution is 6.42. The molecule has 0 spiro atoms. The number of likely N-dealkylation sites (tertiary alicyclic amines) is 1. The number of benzene rings is 1. The Morgan fingerprint density at radius 3 is 2.45 bits per heavy atom. The van der Waals surface area contributed by atoms with Gasteiger partial charge in [0.2, 0.25) is 11.8 Å². The molecule has 3 aromatic rings. The van der Waals surface area contributed by atoms with E-state index in [0.717, 1.165) is 11.8 Å². The number of carbonyl (C=O) groups excluding carboxylic acids is 1. The molecule has 1 unspecified atom stereocenters. The Balaban J connectivity index is 1.60. The number of ether oxygens (including phenoxy) is 2. The number of hydrogen-bond donors (Lipinski definition) is 0. The summed E-state index contributed by atoms with van der Waals surface area (Å²) in [6.45, 7) is 2.85. The van der Waals surface area contributed by atoms with Gasteiger partial charge in [0.05, 0.1) is 28.9 Å². The predicted octanol–water partition coefficient (Wildman–Crippen LogP) is 5.25. The number of rotatable bonds is 6. The van der Waals surface area contributed by atoms with Crippen LogP contribution in [0.25, 0.3) is 0 Å². The van der Waals surface area contributed by atoms with Gasteiger partial charge in [-0.3, -0.25) is 4.79 Å². The highest BCUT2D eigenvalue weighted by atomic mass is 35.5. The lowest BCUT2D eigenvalue weighted by molar-refractivity contribution is 0.0769. The summed E-state index contributed by atoms with van der Waals surface area (Å²) in [4.78, 5) is 23.1. The predicted molar refractivity (Wildman–Crippen MR) is 124 cm³/mol.